The van der Waals surface area contributed by atoms with Crippen LogP contribution in [0.5, 0.6) is 5.75 Å². The first-order valence-corrected chi connectivity index (χ1v) is 6.44. The number of carbonyl (C=O) groups is 1. The molecule has 19 heavy (non-hydrogen) atoms. The minimum Gasteiger partial charge on any atom is -0.508 e. The second-order valence-electron chi connectivity index (χ2n) is 4.89. The van der Waals surface area contributed by atoms with Gasteiger partial charge in [0.15, 0.2) is 5.78 Å². The molecule has 0 atom stereocenters. The maximum atomic E-state index is 12.0. The van der Waals surface area contributed by atoms with Gasteiger partial charge < -0.3 is 5.11 Å². The first kappa shape index (κ1) is 13.3. The summed E-state index contributed by atoms with van der Waals surface area (Å²) >= 11 is 0. The molecule has 2 aromatic carbocycles. The lowest BCUT2D eigenvalue weighted by atomic mass is 10.00. The summed E-state index contributed by atoms with van der Waals surface area (Å²) in [6.07, 6.45) is 1.20. The number of carbonyl (C=O) groups excluding carboxylic acids is 1. The zero-order chi connectivity index (χ0) is 13.8. The van der Waals surface area contributed by atoms with Crippen LogP contribution in [0, 0.1) is 13.8 Å². The van der Waals surface area contributed by atoms with E-state index in [1.54, 1.807) is 18.2 Å². The van der Waals surface area contributed by atoms with Crippen LogP contribution in [0.1, 0.15) is 33.5 Å². The Kier molecular flexibility index (Phi) is 4.00. The predicted octanol–water partition coefficient (Wildman–Crippen LogP) is 3.82. The molecule has 2 aromatic rings. The van der Waals surface area contributed by atoms with Crippen molar-refractivity contribution in [3.05, 3.63) is 64.7 Å². The molecule has 0 aliphatic heterocycles. The normalized spacial score (nSPS) is 10.4. The van der Waals surface area contributed by atoms with Gasteiger partial charge in [-0.1, -0.05) is 30.3 Å². The number of hydrogen-bond acceptors (Lipinski definition) is 2. The van der Waals surface area contributed by atoms with Crippen molar-refractivity contribution in [2.24, 2.45) is 0 Å². The first-order chi connectivity index (χ1) is 9.06. The summed E-state index contributed by atoms with van der Waals surface area (Å²) in [6.45, 7) is 4.16. The van der Waals surface area contributed by atoms with Crippen molar-refractivity contribution in [1.29, 1.82) is 0 Å². The van der Waals surface area contributed by atoms with Crippen LogP contribution in [0.2, 0.25) is 0 Å². The standard InChI is InChI=1S/C17H18O2/c1-12-6-7-14(10-13(12)2)8-9-17(19)15-4-3-5-16(18)11-15/h3-7,10-11,18H,8-9H2,1-2H3. The Morgan fingerprint density at radius 1 is 1.05 bits per heavy atom. The number of phenols is 1. The third kappa shape index (κ3) is 3.44. The van der Waals surface area contributed by atoms with Gasteiger partial charge in [-0.2, -0.15) is 0 Å². The maximum Gasteiger partial charge on any atom is 0.163 e. The molecule has 2 heteroatoms. The lowest BCUT2D eigenvalue weighted by molar-refractivity contribution is 0.0982. The van der Waals surface area contributed by atoms with Crippen molar-refractivity contribution >= 4 is 5.78 Å². The van der Waals surface area contributed by atoms with Crippen LogP contribution in [0.15, 0.2) is 42.5 Å². The highest BCUT2D eigenvalue weighted by molar-refractivity contribution is 5.96. The summed E-state index contributed by atoms with van der Waals surface area (Å²) in [6, 6.07) is 12.8. The number of rotatable bonds is 4. The van der Waals surface area contributed by atoms with Crippen molar-refractivity contribution in [2.75, 3.05) is 0 Å². The minimum absolute atomic E-state index is 0.0640. The van der Waals surface area contributed by atoms with Gasteiger partial charge in [0.1, 0.15) is 5.75 Å². The van der Waals surface area contributed by atoms with E-state index < -0.39 is 0 Å². The van der Waals surface area contributed by atoms with Gasteiger partial charge in [0, 0.05) is 12.0 Å². The van der Waals surface area contributed by atoms with E-state index in [1.165, 1.54) is 22.8 Å². The van der Waals surface area contributed by atoms with Crippen molar-refractivity contribution in [3.63, 3.8) is 0 Å². The third-order valence-corrected chi connectivity index (χ3v) is 3.38. The van der Waals surface area contributed by atoms with Gasteiger partial charge >= 0.3 is 0 Å². The molecule has 0 saturated heterocycles. The molecule has 98 valence electrons. The highest BCUT2D eigenvalue weighted by Crippen LogP contribution is 2.15. The van der Waals surface area contributed by atoms with Crippen LogP contribution >= 0.6 is 0 Å². The second kappa shape index (κ2) is 5.70. The van der Waals surface area contributed by atoms with Crippen molar-refractivity contribution in [1.82, 2.24) is 0 Å². The van der Waals surface area contributed by atoms with Crippen LogP contribution in [0.3, 0.4) is 0 Å². The molecular weight excluding hydrogens is 236 g/mol. The molecule has 0 radical (unpaired) electrons. The number of aromatic hydroxyl groups is 1. The molecular formula is C17H18O2. The number of Topliss-reactive ketones (excluding diaryl/α,β-unsaturated/α-hetero) is 1. The largest absolute Gasteiger partial charge is 0.508 e. The van der Waals surface area contributed by atoms with Gasteiger partial charge in [-0.15, -0.1) is 0 Å². The van der Waals surface area contributed by atoms with Crippen LogP contribution < -0.4 is 0 Å². The van der Waals surface area contributed by atoms with Crippen molar-refractivity contribution in [3.8, 4) is 5.75 Å². The highest BCUT2D eigenvalue weighted by atomic mass is 16.3. The molecule has 0 spiro atoms. The number of hydrogen-bond donors (Lipinski definition) is 1. The summed E-state index contributed by atoms with van der Waals surface area (Å²) in [5, 5.41) is 9.36. The second-order valence-corrected chi connectivity index (χ2v) is 4.89. The van der Waals surface area contributed by atoms with E-state index in [0.29, 0.717) is 12.0 Å². The van der Waals surface area contributed by atoms with Crippen LogP contribution in [0.4, 0.5) is 0 Å². The molecule has 0 amide bonds. The molecule has 0 bridgehead atoms. The zero-order valence-corrected chi connectivity index (χ0v) is 11.3. The Labute approximate surface area is 113 Å². The van der Waals surface area contributed by atoms with Gasteiger partial charge in [-0.3, -0.25) is 4.79 Å². The van der Waals surface area contributed by atoms with Gasteiger partial charge in [-0.05, 0) is 49.1 Å². The molecule has 0 aliphatic rings. The summed E-state index contributed by atoms with van der Waals surface area (Å²) in [4.78, 5) is 12.0. The van der Waals surface area contributed by atoms with E-state index in [0.717, 1.165) is 6.42 Å². The van der Waals surface area contributed by atoms with Gasteiger partial charge in [-0.25, -0.2) is 0 Å². The lowest BCUT2D eigenvalue weighted by Crippen LogP contribution is -2.01. The Morgan fingerprint density at radius 3 is 2.53 bits per heavy atom. The maximum absolute atomic E-state index is 12.0. The average molecular weight is 254 g/mol. The van der Waals surface area contributed by atoms with Crippen LogP contribution in [-0.2, 0) is 6.42 Å². The van der Waals surface area contributed by atoms with Crippen LogP contribution in [0.25, 0.3) is 0 Å². The molecule has 0 unspecified atom stereocenters. The summed E-state index contributed by atoms with van der Waals surface area (Å²) in [5.74, 6) is 0.200. The molecule has 0 saturated carbocycles. The predicted molar refractivity (Wildman–Crippen MR) is 76.7 cm³/mol. The van der Waals surface area contributed by atoms with E-state index in [-0.39, 0.29) is 11.5 Å². The van der Waals surface area contributed by atoms with Gasteiger partial charge in [0.05, 0.1) is 0 Å². The lowest BCUT2D eigenvalue weighted by Gasteiger charge is -2.05. The Hall–Kier alpha value is -2.09. The summed E-state index contributed by atoms with van der Waals surface area (Å²) < 4.78 is 0. The molecule has 2 nitrogen and oxygen atoms in total. The summed E-state index contributed by atoms with van der Waals surface area (Å²) in [7, 11) is 0. The summed E-state index contributed by atoms with van der Waals surface area (Å²) in [5.41, 5.74) is 4.27. The zero-order valence-electron chi connectivity index (χ0n) is 11.3. The van der Waals surface area contributed by atoms with E-state index in [4.69, 9.17) is 0 Å². The Morgan fingerprint density at radius 2 is 1.84 bits per heavy atom. The molecule has 2 rings (SSSR count). The van der Waals surface area contributed by atoms with Crippen molar-refractivity contribution < 1.29 is 9.90 Å². The number of ketones is 1. The van der Waals surface area contributed by atoms with Gasteiger partial charge in [0.2, 0.25) is 0 Å². The third-order valence-electron chi connectivity index (χ3n) is 3.38. The van der Waals surface area contributed by atoms with Gasteiger partial charge in [0.25, 0.3) is 0 Å². The SMILES string of the molecule is Cc1ccc(CCC(=O)c2cccc(O)c2)cc1C. The smallest absolute Gasteiger partial charge is 0.163 e. The van der Waals surface area contributed by atoms with E-state index in [9.17, 15) is 9.90 Å². The number of benzene rings is 2. The van der Waals surface area contributed by atoms with E-state index >= 15 is 0 Å². The van der Waals surface area contributed by atoms with E-state index in [1.807, 2.05) is 0 Å². The van der Waals surface area contributed by atoms with Crippen LogP contribution in [-0.4, -0.2) is 10.9 Å². The Bertz CT molecular complexity index is 600. The van der Waals surface area contributed by atoms with E-state index in [2.05, 4.69) is 32.0 Å². The topological polar surface area (TPSA) is 37.3 Å². The first-order valence-electron chi connectivity index (χ1n) is 6.44. The molecule has 0 aromatic heterocycles. The average Bonchev–Trinajstić information content (AvgIpc) is 2.40. The Balaban J connectivity index is 2.02. The quantitative estimate of drug-likeness (QED) is 0.842. The number of phenolic OH excluding ortho intramolecular Hbond substituents is 1. The highest BCUT2D eigenvalue weighted by Gasteiger charge is 2.07. The fraction of sp³-hybridized carbons (Fsp3) is 0.235. The van der Waals surface area contributed by atoms with Crippen molar-refractivity contribution in [2.45, 2.75) is 26.7 Å². The molecule has 0 aliphatic carbocycles. The number of aryl methyl sites for hydroxylation is 3. The monoisotopic (exact) mass is 254 g/mol. The molecule has 1 N–H and O–H groups in total. The fourth-order valence-electron chi connectivity index (χ4n) is 2.04. The molecule has 0 heterocycles. The fourth-order valence-corrected chi connectivity index (χ4v) is 2.04. The molecule has 0 fully saturated rings. The minimum atomic E-state index is 0.0640.